The molecule has 15 heavy (non-hydrogen) atoms. The third-order valence-corrected chi connectivity index (χ3v) is 4.45. The first-order chi connectivity index (χ1) is 7.08. The van der Waals surface area contributed by atoms with Gasteiger partial charge >= 0.3 is 105 Å². The molecule has 5 heteroatoms. The second kappa shape index (κ2) is 6.70. The molecule has 0 atom stereocenters. The van der Waals surface area contributed by atoms with Crippen molar-refractivity contribution >= 4 is 11.8 Å². The second-order valence-corrected chi connectivity index (χ2v) is 7.42. The molecular weight excluding hydrogens is 325 g/mol. The first-order valence-electron chi connectivity index (χ1n) is 4.59. The van der Waals surface area contributed by atoms with Crippen molar-refractivity contribution in [2.45, 2.75) is 24.9 Å². The van der Waals surface area contributed by atoms with Crippen LogP contribution in [-0.4, -0.2) is 13.9 Å². The van der Waals surface area contributed by atoms with Gasteiger partial charge in [-0.3, -0.25) is 0 Å². The summed E-state index contributed by atoms with van der Waals surface area (Å²) in [5.41, 5.74) is 1.22. The fourth-order valence-corrected chi connectivity index (χ4v) is 3.12. The molecule has 0 aromatic heterocycles. The van der Waals surface area contributed by atoms with E-state index in [2.05, 4.69) is 19.9 Å². The fourth-order valence-electron chi connectivity index (χ4n) is 1.03. The van der Waals surface area contributed by atoms with Gasteiger partial charge in [-0.2, -0.15) is 0 Å². The molecule has 0 aliphatic carbocycles. The topological polar surface area (TPSA) is 46.5 Å². The van der Waals surface area contributed by atoms with Gasteiger partial charge in [0.25, 0.3) is 0 Å². The van der Waals surface area contributed by atoms with E-state index in [0.717, 1.165) is 9.32 Å². The van der Waals surface area contributed by atoms with Crippen molar-refractivity contribution in [2.75, 3.05) is 0 Å². The number of halogens is 1. The number of benzene rings is 1. The minimum absolute atomic E-state index is 0.0631. The molecule has 0 aliphatic rings. The van der Waals surface area contributed by atoms with Crippen LogP contribution < -0.4 is 21.5 Å². The Balaban J connectivity index is 2.57. The van der Waals surface area contributed by atoms with Crippen molar-refractivity contribution < 1.29 is 26.7 Å². The third-order valence-electron chi connectivity index (χ3n) is 1.64. The zero-order chi connectivity index (χ0) is 11.3. The second-order valence-electron chi connectivity index (χ2n) is 3.30. The third kappa shape index (κ3) is 5.72. The molecule has 1 rings (SSSR count). The van der Waals surface area contributed by atoms with Gasteiger partial charge < -0.3 is 0 Å². The molecule has 0 radical (unpaired) electrons. The van der Waals surface area contributed by atoms with Gasteiger partial charge in [0.05, 0.1) is 0 Å². The molecular formula is C10H14INO2S-2. The maximum absolute atomic E-state index is 10.5. The molecule has 0 aliphatic heterocycles. The molecule has 0 fully saturated rings. The summed E-state index contributed by atoms with van der Waals surface area (Å²) in [5, 5.41) is 19.8. The van der Waals surface area contributed by atoms with Gasteiger partial charge in [0.1, 0.15) is 0 Å². The van der Waals surface area contributed by atoms with Gasteiger partial charge in [0, 0.05) is 0 Å². The van der Waals surface area contributed by atoms with E-state index in [1.54, 1.807) is 0 Å². The van der Waals surface area contributed by atoms with Crippen molar-refractivity contribution in [3.63, 3.8) is 0 Å². The number of hydrogen-bond donors (Lipinski definition) is 1. The fraction of sp³-hybridized carbons (Fsp3) is 0.400. The molecule has 3 nitrogen and oxygen atoms in total. The maximum atomic E-state index is 10.5. The van der Waals surface area contributed by atoms with Gasteiger partial charge in [-0.1, -0.05) is 0 Å². The first-order valence-corrected chi connectivity index (χ1v) is 7.69. The normalized spacial score (nSPS) is 11.6. The SMILES string of the molecule is CC(C)SCc1cccc([I-]N([O-])O)c1. The number of nitrogens with zero attached hydrogens (tertiary/aromatic N) is 1. The predicted molar refractivity (Wildman–Crippen MR) is 58.6 cm³/mol. The molecule has 1 aromatic carbocycles. The Hall–Kier alpha value is 0.180. The van der Waals surface area contributed by atoms with Crippen LogP contribution in [-0.2, 0) is 5.75 Å². The standard InChI is InChI=1S/C10H14INO2S/c1-8(2)15-7-9-4-3-5-10(6-9)11-12(13)14/h3-6,8,13H,7H2,1-2H3/q-2. The summed E-state index contributed by atoms with van der Waals surface area (Å²) >= 11 is 0.917. The molecule has 0 bridgehead atoms. The minimum atomic E-state index is -0.953. The Morgan fingerprint density at radius 2 is 2.27 bits per heavy atom. The van der Waals surface area contributed by atoms with Crippen molar-refractivity contribution in [3.8, 4) is 0 Å². The van der Waals surface area contributed by atoms with Crippen molar-refractivity contribution in [1.29, 1.82) is 0 Å². The number of thioether (sulfide) groups is 1. The monoisotopic (exact) mass is 339 g/mol. The summed E-state index contributed by atoms with van der Waals surface area (Å²) in [6.07, 6.45) is 0. The van der Waals surface area contributed by atoms with Crippen LogP contribution in [0, 0.1) is 8.78 Å². The Bertz CT molecular complexity index is 307. The van der Waals surface area contributed by atoms with Crippen molar-refractivity contribution in [1.82, 2.24) is 3.44 Å². The van der Waals surface area contributed by atoms with Gasteiger partial charge in [-0.05, 0) is 0 Å². The zero-order valence-corrected chi connectivity index (χ0v) is 11.7. The van der Waals surface area contributed by atoms with E-state index >= 15 is 0 Å². The molecule has 0 saturated heterocycles. The van der Waals surface area contributed by atoms with Crippen LogP contribution in [0.2, 0.25) is 0 Å². The van der Waals surface area contributed by atoms with E-state index in [0.29, 0.717) is 5.25 Å². The summed E-state index contributed by atoms with van der Waals surface area (Å²) in [4.78, 5) is 0. The molecule has 1 N–H and O–H groups in total. The van der Waals surface area contributed by atoms with Crippen LogP contribution in [0.25, 0.3) is 0 Å². The van der Waals surface area contributed by atoms with Crippen LogP contribution in [0.5, 0.6) is 0 Å². The average molecular weight is 339 g/mol. The van der Waals surface area contributed by atoms with E-state index in [1.807, 2.05) is 30.0 Å². The van der Waals surface area contributed by atoms with Crippen molar-refractivity contribution in [3.05, 3.63) is 38.6 Å². The molecule has 1 aromatic rings. The quantitative estimate of drug-likeness (QED) is 0.454. The summed E-state index contributed by atoms with van der Waals surface area (Å²) in [6, 6.07) is 7.88. The molecule has 0 saturated carbocycles. The van der Waals surface area contributed by atoms with E-state index in [-0.39, 0.29) is 3.44 Å². The van der Waals surface area contributed by atoms with Gasteiger partial charge in [0.15, 0.2) is 0 Å². The van der Waals surface area contributed by atoms with E-state index < -0.39 is 21.5 Å². The van der Waals surface area contributed by atoms with Crippen LogP contribution in [0.1, 0.15) is 19.4 Å². The summed E-state index contributed by atoms with van der Waals surface area (Å²) < 4.78 is 1.02. The van der Waals surface area contributed by atoms with Gasteiger partial charge in [-0.25, -0.2) is 0 Å². The van der Waals surface area contributed by atoms with E-state index in [9.17, 15) is 5.21 Å². The van der Waals surface area contributed by atoms with Crippen LogP contribution in [0.4, 0.5) is 0 Å². The number of hydrogen-bond acceptors (Lipinski definition) is 4. The van der Waals surface area contributed by atoms with Crippen LogP contribution >= 0.6 is 11.8 Å². The molecule has 0 heterocycles. The molecule has 86 valence electrons. The number of rotatable bonds is 5. The first kappa shape index (κ1) is 13.2. The Labute approximate surface area is 105 Å². The van der Waals surface area contributed by atoms with E-state index in [4.69, 9.17) is 5.21 Å². The summed E-state index contributed by atoms with van der Waals surface area (Å²) in [6.45, 7) is 4.32. The van der Waals surface area contributed by atoms with Crippen LogP contribution in [0.15, 0.2) is 24.3 Å². The summed E-state index contributed by atoms with van der Waals surface area (Å²) in [5.74, 6) is 0.958. The van der Waals surface area contributed by atoms with Crippen LogP contribution in [0.3, 0.4) is 0 Å². The Morgan fingerprint density at radius 1 is 1.53 bits per heavy atom. The van der Waals surface area contributed by atoms with Gasteiger partial charge in [0.2, 0.25) is 0 Å². The predicted octanol–water partition coefficient (Wildman–Crippen LogP) is -0.309. The molecule has 0 spiro atoms. The molecule has 0 unspecified atom stereocenters. The Kier molecular flexibility index (Phi) is 5.91. The van der Waals surface area contributed by atoms with E-state index in [1.165, 1.54) is 5.56 Å². The molecule has 0 amide bonds. The average Bonchev–Trinajstić information content (AvgIpc) is 2.14. The van der Waals surface area contributed by atoms with Crippen molar-refractivity contribution in [2.24, 2.45) is 0 Å². The summed E-state index contributed by atoms with van der Waals surface area (Å²) in [7, 11) is 0. The zero-order valence-electron chi connectivity index (χ0n) is 8.68. The Morgan fingerprint density at radius 3 is 2.87 bits per heavy atom. The van der Waals surface area contributed by atoms with Gasteiger partial charge in [-0.15, -0.1) is 0 Å².